The fourth-order valence-electron chi connectivity index (χ4n) is 2.66. The quantitative estimate of drug-likeness (QED) is 0.888. The van der Waals surface area contributed by atoms with Crippen LogP contribution in [0.25, 0.3) is 0 Å². The van der Waals surface area contributed by atoms with E-state index in [2.05, 4.69) is 23.7 Å². The minimum absolute atomic E-state index is 0.565. The number of thioether (sulfide) groups is 1. The highest BCUT2D eigenvalue weighted by molar-refractivity contribution is 8.01. The zero-order valence-electron chi connectivity index (χ0n) is 10.1. The molecule has 2 atom stereocenters. The molecule has 3 heterocycles. The first-order valence-corrected chi connectivity index (χ1v) is 8.16. The number of thiophene rings is 1. The molecule has 2 aliphatic heterocycles. The summed E-state index contributed by atoms with van der Waals surface area (Å²) < 4.78 is 6.94. The number of hydrogen-bond acceptors (Lipinski definition) is 4. The van der Waals surface area contributed by atoms with Crippen molar-refractivity contribution in [2.75, 3.05) is 13.2 Å². The van der Waals surface area contributed by atoms with Gasteiger partial charge in [0.25, 0.3) is 0 Å². The number of fused-ring (bicyclic) bond motifs is 1. The van der Waals surface area contributed by atoms with Gasteiger partial charge in [-0.3, -0.25) is 0 Å². The Morgan fingerprint density at radius 1 is 1.35 bits per heavy atom. The van der Waals surface area contributed by atoms with E-state index < -0.39 is 0 Å². The van der Waals surface area contributed by atoms with Crippen LogP contribution in [0.5, 0.6) is 0 Å². The summed E-state index contributed by atoms with van der Waals surface area (Å²) in [4.78, 5) is 0. The highest BCUT2D eigenvalue weighted by Crippen LogP contribution is 2.44. The highest BCUT2D eigenvalue weighted by Gasteiger charge is 2.28. The number of ether oxygens (including phenoxy) is 1. The van der Waals surface area contributed by atoms with Gasteiger partial charge in [0.2, 0.25) is 0 Å². The van der Waals surface area contributed by atoms with Crippen molar-refractivity contribution >= 4 is 23.1 Å². The van der Waals surface area contributed by atoms with Crippen LogP contribution in [0.3, 0.4) is 0 Å². The summed E-state index contributed by atoms with van der Waals surface area (Å²) in [6.07, 6.45) is 3.58. The topological polar surface area (TPSA) is 21.3 Å². The van der Waals surface area contributed by atoms with Gasteiger partial charge in [-0.25, -0.2) is 0 Å². The third kappa shape index (κ3) is 2.70. The molecule has 17 heavy (non-hydrogen) atoms. The third-order valence-electron chi connectivity index (χ3n) is 3.57. The molecular weight excluding hydrogens is 250 g/mol. The average molecular weight is 269 g/mol. The molecule has 1 N–H and O–H groups in total. The van der Waals surface area contributed by atoms with Crippen LogP contribution in [-0.2, 0) is 4.74 Å². The van der Waals surface area contributed by atoms with Gasteiger partial charge in [0, 0.05) is 30.5 Å². The van der Waals surface area contributed by atoms with Crippen molar-refractivity contribution in [3.63, 3.8) is 0 Å². The van der Waals surface area contributed by atoms with E-state index in [0.717, 1.165) is 31.3 Å². The predicted octanol–water partition coefficient (Wildman–Crippen LogP) is 3.44. The van der Waals surface area contributed by atoms with Crippen LogP contribution in [0.2, 0.25) is 0 Å². The Morgan fingerprint density at radius 2 is 2.18 bits per heavy atom. The van der Waals surface area contributed by atoms with Crippen LogP contribution in [-0.4, -0.2) is 24.5 Å². The van der Waals surface area contributed by atoms with Gasteiger partial charge in [0.15, 0.2) is 0 Å². The summed E-state index contributed by atoms with van der Waals surface area (Å²) in [5.41, 5.74) is 1.53. The van der Waals surface area contributed by atoms with Crippen molar-refractivity contribution in [1.29, 1.82) is 0 Å². The standard InChI is InChI=1S/C13H19NOS2/c1-9-8-12(11-4-7-16-13(11)17-9)14-10-2-5-15-6-3-10/h4,7,9-10,12,14H,2-3,5-6,8H2,1H3/t9-,12?/m0/s1. The molecule has 0 radical (unpaired) electrons. The normalized spacial score (nSPS) is 30.2. The molecule has 0 bridgehead atoms. The first-order valence-electron chi connectivity index (χ1n) is 6.41. The van der Waals surface area contributed by atoms with Crippen molar-refractivity contribution in [3.8, 4) is 0 Å². The zero-order valence-corrected chi connectivity index (χ0v) is 11.8. The average Bonchev–Trinajstić information content (AvgIpc) is 2.78. The Labute approximate surface area is 111 Å². The van der Waals surface area contributed by atoms with Gasteiger partial charge in [0.05, 0.1) is 4.21 Å². The molecule has 0 saturated carbocycles. The summed E-state index contributed by atoms with van der Waals surface area (Å²) >= 11 is 3.93. The van der Waals surface area contributed by atoms with Gasteiger partial charge >= 0.3 is 0 Å². The largest absolute Gasteiger partial charge is 0.381 e. The van der Waals surface area contributed by atoms with E-state index in [9.17, 15) is 0 Å². The Morgan fingerprint density at radius 3 is 3.00 bits per heavy atom. The van der Waals surface area contributed by atoms with E-state index in [1.54, 1.807) is 0 Å². The van der Waals surface area contributed by atoms with Crippen molar-refractivity contribution in [3.05, 3.63) is 17.0 Å². The smallest absolute Gasteiger partial charge is 0.0649 e. The Bertz CT molecular complexity index is 373. The van der Waals surface area contributed by atoms with E-state index in [-0.39, 0.29) is 0 Å². The van der Waals surface area contributed by atoms with Crippen LogP contribution in [0.4, 0.5) is 0 Å². The lowest BCUT2D eigenvalue weighted by Crippen LogP contribution is -2.39. The van der Waals surface area contributed by atoms with Gasteiger partial charge in [-0.05, 0) is 36.3 Å². The summed E-state index contributed by atoms with van der Waals surface area (Å²) in [5.74, 6) is 0. The van der Waals surface area contributed by atoms with Crippen LogP contribution in [0.15, 0.2) is 15.7 Å². The second-order valence-electron chi connectivity index (χ2n) is 4.93. The molecule has 94 valence electrons. The van der Waals surface area contributed by atoms with Crippen molar-refractivity contribution in [2.24, 2.45) is 0 Å². The molecule has 1 aromatic heterocycles. The van der Waals surface area contributed by atoms with Crippen molar-refractivity contribution in [1.82, 2.24) is 5.32 Å². The summed E-state index contributed by atoms with van der Waals surface area (Å²) in [6, 6.07) is 3.52. The number of nitrogens with one attached hydrogen (secondary N) is 1. The summed E-state index contributed by atoms with van der Waals surface area (Å²) in [6.45, 7) is 4.18. The van der Waals surface area contributed by atoms with E-state index in [1.807, 2.05) is 23.1 Å². The van der Waals surface area contributed by atoms with E-state index >= 15 is 0 Å². The molecule has 0 amide bonds. The van der Waals surface area contributed by atoms with Crippen molar-refractivity contribution < 1.29 is 4.74 Å². The molecule has 4 heteroatoms. The molecule has 1 unspecified atom stereocenters. The molecule has 0 aromatic carbocycles. The van der Waals surface area contributed by atoms with Crippen molar-refractivity contribution in [2.45, 2.75) is 47.7 Å². The van der Waals surface area contributed by atoms with Crippen LogP contribution >= 0.6 is 23.1 Å². The maximum atomic E-state index is 5.42. The van der Waals surface area contributed by atoms with Gasteiger partial charge in [-0.1, -0.05) is 6.92 Å². The molecule has 1 fully saturated rings. The second kappa shape index (κ2) is 5.31. The lowest BCUT2D eigenvalue weighted by Gasteiger charge is -2.33. The number of hydrogen-bond donors (Lipinski definition) is 1. The van der Waals surface area contributed by atoms with E-state index in [4.69, 9.17) is 4.74 Å². The molecular formula is C13H19NOS2. The van der Waals surface area contributed by atoms with Gasteiger partial charge in [-0.2, -0.15) is 0 Å². The Hall–Kier alpha value is -0.0300. The lowest BCUT2D eigenvalue weighted by molar-refractivity contribution is 0.0743. The zero-order chi connectivity index (χ0) is 11.7. The van der Waals surface area contributed by atoms with Crippen LogP contribution in [0, 0.1) is 0 Å². The van der Waals surface area contributed by atoms with Gasteiger partial charge < -0.3 is 10.1 Å². The Balaban J connectivity index is 1.70. The summed E-state index contributed by atoms with van der Waals surface area (Å²) in [5, 5.41) is 6.81. The van der Waals surface area contributed by atoms with Gasteiger partial charge in [-0.15, -0.1) is 23.1 Å². The molecule has 2 nitrogen and oxygen atoms in total. The maximum Gasteiger partial charge on any atom is 0.0649 e. The maximum absolute atomic E-state index is 5.42. The van der Waals surface area contributed by atoms with Gasteiger partial charge in [0.1, 0.15) is 0 Å². The molecule has 3 rings (SSSR count). The highest BCUT2D eigenvalue weighted by atomic mass is 32.2. The first-order chi connectivity index (χ1) is 8.33. The molecule has 0 spiro atoms. The second-order valence-corrected chi connectivity index (χ2v) is 7.56. The molecule has 1 saturated heterocycles. The molecule has 0 aliphatic carbocycles. The fourth-order valence-corrected chi connectivity index (χ4v) is 5.22. The lowest BCUT2D eigenvalue weighted by atomic mass is 10.0. The predicted molar refractivity (Wildman–Crippen MR) is 74.0 cm³/mol. The third-order valence-corrected chi connectivity index (χ3v) is 5.91. The summed E-state index contributed by atoms with van der Waals surface area (Å²) in [7, 11) is 0. The molecule has 2 aliphatic rings. The fraction of sp³-hybridized carbons (Fsp3) is 0.692. The van der Waals surface area contributed by atoms with Crippen LogP contribution < -0.4 is 5.32 Å². The Kier molecular flexibility index (Phi) is 3.75. The first kappa shape index (κ1) is 12.0. The minimum Gasteiger partial charge on any atom is -0.381 e. The minimum atomic E-state index is 0.565. The van der Waals surface area contributed by atoms with E-state index in [0.29, 0.717) is 12.1 Å². The molecule has 1 aromatic rings. The van der Waals surface area contributed by atoms with Crippen LogP contribution in [0.1, 0.15) is 37.8 Å². The SMILES string of the molecule is C[C@H]1CC(NC2CCOCC2)c2ccsc2S1. The monoisotopic (exact) mass is 269 g/mol. The van der Waals surface area contributed by atoms with E-state index in [1.165, 1.54) is 16.2 Å². The number of rotatable bonds is 2.